The largest absolute Gasteiger partial charge is 0.506 e. The van der Waals surface area contributed by atoms with Crippen LogP contribution in [-0.2, 0) is 9.53 Å². The SMILES string of the molecule is COC(=O)C1=C(O)C(=Cc2cccnc2)SC1=Nc1ccc(Cl)c(Cl)c1. The number of nitrogens with zero attached hydrogens (tertiary/aromatic N) is 2. The van der Waals surface area contributed by atoms with Gasteiger partial charge < -0.3 is 9.84 Å². The minimum absolute atomic E-state index is 0.00119. The summed E-state index contributed by atoms with van der Waals surface area (Å²) < 4.78 is 4.78. The quantitative estimate of drug-likeness (QED) is 0.709. The molecule has 0 atom stereocenters. The number of benzene rings is 1. The van der Waals surface area contributed by atoms with E-state index in [1.165, 1.54) is 7.11 Å². The van der Waals surface area contributed by atoms with Crippen molar-refractivity contribution in [3.63, 3.8) is 0 Å². The summed E-state index contributed by atoms with van der Waals surface area (Å²) in [7, 11) is 1.24. The summed E-state index contributed by atoms with van der Waals surface area (Å²) in [5.74, 6) is -0.868. The van der Waals surface area contributed by atoms with E-state index >= 15 is 0 Å². The van der Waals surface area contributed by atoms with E-state index in [1.54, 1.807) is 42.7 Å². The molecule has 1 aliphatic rings. The van der Waals surface area contributed by atoms with Crippen molar-refractivity contribution in [2.45, 2.75) is 0 Å². The van der Waals surface area contributed by atoms with E-state index in [4.69, 9.17) is 27.9 Å². The fraction of sp³-hybridized carbons (Fsp3) is 0.0556. The number of hydrogen-bond donors (Lipinski definition) is 1. The highest BCUT2D eigenvalue weighted by Crippen LogP contribution is 2.40. The van der Waals surface area contributed by atoms with E-state index in [9.17, 15) is 9.90 Å². The molecule has 0 radical (unpaired) electrons. The van der Waals surface area contributed by atoms with E-state index in [0.29, 0.717) is 25.7 Å². The fourth-order valence-corrected chi connectivity index (χ4v) is 3.50. The molecule has 0 fully saturated rings. The van der Waals surface area contributed by atoms with Crippen LogP contribution in [0.25, 0.3) is 6.08 Å². The lowest BCUT2D eigenvalue weighted by molar-refractivity contribution is -0.135. The van der Waals surface area contributed by atoms with Crippen molar-refractivity contribution >= 4 is 57.7 Å². The number of ether oxygens (including phenoxy) is 1. The van der Waals surface area contributed by atoms with Gasteiger partial charge in [0.25, 0.3) is 0 Å². The molecular formula is C18H12Cl2N2O3S. The van der Waals surface area contributed by atoms with Crippen LogP contribution in [0, 0.1) is 0 Å². The van der Waals surface area contributed by atoms with Gasteiger partial charge in [0.15, 0.2) is 0 Å². The summed E-state index contributed by atoms with van der Waals surface area (Å²) in [6, 6.07) is 8.46. The third kappa shape index (κ3) is 3.93. The van der Waals surface area contributed by atoms with Crippen LogP contribution in [0.3, 0.4) is 0 Å². The van der Waals surface area contributed by atoms with E-state index in [0.717, 1.165) is 17.3 Å². The van der Waals surface area contributed by atoms with Crippen LogP contribution in [0.4, 0.5) is 5.69 Å². The van der Waals surface area contributed by atoms with Gasteiger partial charge in [0.1, 0.15) is 16.4 Å². The number of methoxy groups -OCH3 is 1. The van der Waals surface area contributed by atoms with Crippen molar-refractivity contribution < 1.29 is 14.6 Å². The Morgan fingerprint density at radius 1 is 1.31 bits per heavy atom. The van der Waals surface area contributed by atoms with Crippen molar-refractivity contribution in [2.75, 3.05) is 7.11 Å². The Kier molecular flexibility index (Phi) is 5.66. The van der Waals surface area contributed by atoms with Crippen LogP contribution in [0.2, 0.25) is 10.0 Å². The minimum atomic E-state index is -0.677. The number of esters is 1. The Morgan fingerprint density at radius 2 is 2.12 bits per heavy atom. The molecule has 0 spiro atoms. The highest BCUT2D eigenvalue weighted by Gasteiger charge is 2.33. The van der Waals surface area contributed by atoms with Gasteiger partial charge in [-0.25, -0.2) is 9.79 Å². The molecule has 2 heterocycles. The predicted molar refractivity (Wildman–Crippen MR) is 105 cm³/mol. The number of carbonyl (C=O) groups excluding carboxylic acids is 1. The Labute approximate surface area is 164 Å². The second-order valence-corrected chi connectivity index (χ2v) is 6.97. The molecule has 26 heavy (non-hydrogen) atoms. The topological polar surface area (TPSA) is 71.8 Å². The predicted octanol–water partition coefficient (Wildman–Crippen LogP) is 5.19. The van der Waals surface area contributed by atoms with Crippen molar-refractivity contribution in [1.82, 2.24) is 4.98 Å². The van der Waals surface area contributed by atoms with Crippen molar-refractivity contribution in [3.8, 4) is 0 Å². The van der Waals surface area contributed by atoms with Gasteiger partial charge in [-0.15, -0.1) is 0 Å². The number of aliphatic imine (C=N–C) groups is 1. The summed E-state index contributed by atoms with van der Waals surface area (Å²) in [5, 5.41) is 11.6. The molecule has 1 aromatic carbocycles. The molecule has 8 heteroatoms. The lowest BCUT2D eigenvalue weighted by Gasteiger charge is -2.03. The van der Waals surface area contributed by atoms with Gasteiger partial charge in [-0.1, -0.05) is 41.0 Å². The summed E-state index contributed by atoms with van der Waals surface area (Å²) in [6.45, 7) is 0. The molecule has 0 unspecified atom stereocenters. The maximum atomic E-state index is 12.1. The number of hydrogen-bond acceptors (Lipinski definition) is 6. The highest BCUT2D eigenvalue weighted by atomic mass is 35.5. The summed E-state index contributed by atoms with van der Waals surface area (Å²) in [6.07, 6.45) is 5.01. The molecule has 5 nitrogen and oxygen atoms in total. The van der Waals surface area contributed by atoms with E-state index in [2.05, 4.69) is 9.98 Å². The van der Waals surface area contributed by atoms with Gasteiger partial charge >= 0.3 is 5.97 Å². The van der Waals surface area contributed by atoms with Crippen LogP contribution in [0.1, 0.15) is 5.56 Å². The van der Waals surface area contributed by atoms with Gasteiger partial charge in [-0.2, -0.15) is 0 Å². The number of pyridine rings is 1. The maximum absolute atomic E-state index is 12.1. The van der Waals surface area contributed by atoms with Crippen LogP contribution in [0.15, 0.2) is 64.0 Å². The van der Waals surface area contributed by atoms with Crippen LogP contribution in [0.5, 0.6) is 0 Å². The number of aliphatic hydroxyl groups excluding tert-OH is 1. The van der Waals surface area contributed by atoms with Crippen molar-refractivity contribution in [1.29, 1.82) is 0 Å². The molecule has 0 saturated heterocycles. The normalized spacial score (nSPS) is 17.2. The Hall–Kier alpha value is -2.28. The molecule has 1 aromatic heterocycles. The summed E-state index contributed by atoms with van der Waals surface area (Å²) >= 11 is 13.1. The molecule has 3 rings (SSSR count). The third-order valence-corrected chi connectivity index (χ3v) is 5.16. The summed E-state index contributed by atoms with van der Waals surface area (Å²) in [4.78, 5) is 21.0. The van der Waals surface area contributed by atoms with E-state index in [-0.39, 0.29) is 11.3 Å². The second kappa shape index (κ2) is 7.95. The molecule has 0 aliphatic carbocycles. The van der Waals surface area contributed by atoms with Gasteiger partial charge in [0.05, 0.1) is 27.7 Å². The summed E-state index contributed by atoms with van der Waals surface area (Å²) in [5.41, 5.74) is 1.28. The Bertz CT molecular complexity index is 956. The first-order valence-corrected chi connectivity index (χ1v) is 8.92. The zero-order valence-corrected chi connectivity index (χ0v) is 15.8. The van der Waals surface area contributed by atoms with Gasteiger partial charge in [0.2, 0.25) is 0 Å². The molecule has 0 saturated carbocycles. The third-order valence-electron chi connectivity index (χ3n) is 3.40. The standard InChI is InChI=1S/C18H12Cl2N2O3S/c1-25-18(24)15-16(23)14(7-10-3-2-6-21-9-10)26-17(15)22-11-4-5-12(19)13(20)8-11/h2-9,23H,1H3. The van der Waals surface area contributed by atoms with E-state index < -0.39 is 5.97 Å². The first-order valence-electron chi connectivity index (χ1n) is 7.35. The van der Waals surface area contributed by atoms with Crippen molar-refractivity contribution in [3.05, 3.63) is 74.6 Å². The van der Waals surface area contributed by atoms with E-state index in [1.807, 2.05) is 6.07 Å². The highest BCUT2D eigenvalue weighted by molar-refractivity contribution is 8.18. The molecule has 1 aliphatic heterocycles. The first kappa shape index (κ1) is 18.5. The lowest BCUT2D eigenvalue weighted by atomic mass is 10.2. The number of carbonyl (C=O) groups is 1. The van der Waals surface area contributed by atoms with Gasteiger partial charge in [0, 0.05) is 12.4 Å². The molecular weight excluding hydrogens is 395 g/mol. The minimum Gasteiger partial charge on any atom is -0.506 e. The zero-order valence-electron chi connectivity index (χ0n) is 13.4. The molecule has 0 amide bonds. The Balaban J connectivity index is 2.05. The zero-order chi connectivity index (χ0) is 18.7. The molecule has 132 valence electrons. The number of rotatable bonds is 3. The van der Waals surface area contributed by atoms with Crippen molar-refractivity contribution in [2.24, 2.45) is 4.99 Å². The average Bonchev–Trinajstić information content (AvgIpc) is 2.93. The molecule has 0 bridgehead atoms. The smallest absolute Gasteiger partial charge is 0.344 e. The first-order chi connectivity index (χ1) is 12.5. The van der Waals surface area contributed by atoms with Gasteiger partial charge in [-0.05, 0) is 35.9 Å². The lowest BCUT2D eigenvalue weighted by Crippen LogP contribution is -2.10. The second-order valence-electron chi connectivity index (χ2n) is 5.13. The van der Waals surface area contributed by atoms with Crippen LogP contribution >= 0.6 is 35.0 Å². The number of halogens is 2. The average molecular weight is 407 g/mol. The molecule has 2 aromatic rings. The monoisotopic (exact) mass is 406 g/mol. The Morgan fingerprint density at radius 3 is 2.77 bits per heavy atom. The number of aliphatic hydroxyl groups is 1. The number of aromatic nitrogens is 1. The maximum Gasteiger partial charge on any atom is 0.344 e. The fourth-order valence-electron chi connectivity index (χ4n) is 2.18. The van der Waals surface area contributed by atoms with Gasteiger partial charge in [-0.3, -0.25) is 4.98 Å². The van der Waals surface area contributed by atoms with Crippen LogP contribution in [-0.4, -0.2) is 28.2 Å². The molecule has 1 N–H and O–H groups in total. The van der Waals surface area contributed by atoms with Crippen LogP contribution < -0.4 is 0 Å². The number of thioether (sulfide) groups is 1.